The first kappa shape index (κ1) is 19.1. The molecule has 2 aromatic rings. The predicted octanol–water partition coefficient (Wildman–Crippen LogP) is 4.21. The van der Waals surface area contributed by atoms with Crippen LogP contribution in [0.3, 0.4) is 0 Å². The Balaban J connectivity index is 1.65. The van der Waals surface area contributed by atoms with Crippen LogP contribution in [0.15, 0.2) is 48.5 Å². The van der Waals surface area contributed by atoms with Crippen LogP contribution in [-0.4, -0.2) is 25.7 Å². The average molecular weight is 362 g/mol. The van der Waals surface area contributed by atoms with E-state index in [9.17, 15) is 4.79 Å². The predicted molar refractivity (Wildman–Crippen MR) is 101 cm³/mol. The van der Waals surface area contributed by atoms with Crippen LogP contribution in [0.25, 0.3) is 0 Å². The van der Waals surface area contributed by atoms with Crippen LogP contribution in [0.1, 0.15) is 26.3 Å². The van der Waals surface area contributed by atoms with E-state index in [1.807, 2.05) is 12.1 Å². The van der Waals surface area contributed by atoms with E-state index in [1.165, 1.54) is 5.56 Å². The van der Waals surface area contributed by atoms with Gasteiger partial charge >= 0.3 is 0 Å². The molecule has 0 aliphatic heterocycles. The third kappa shape index (κ3) is 6.67. The van der Waals surface area contributed by atoms with Crippen molar-refractivity contribution in [2.24, 2.45) is 0 Å². The number of hydrogen-bond donors (Lipinski definition) is 1. The highest BCUT2D eigenvalue weighted by atomic mass is 35.5. The molecule has 0 aliphatic rings. The summed E-state index contributed by atoms with van der Waals surface area (Å²) in [5.41, 5.74) is 1.38. The molecular weight excluding hydrogens is 338 g/mol. The number of hydrogen-bond acceptors (Lipinski definition) is 3. The number of amides is 1. The molecule has 2 aromatic carbocycles. The van der Waals surface area contributed by atoms with Crippen molar-refractivity contribution < 1.29 is 14.3 Å². The van der Waals surface area contributed by atoms with E-state index in [2.05, 4.69) is 38.2 Å². The van der Waals surface area contributed by atoms with Crippen LogP contribution in [0.4, 0.5) is 0 Å². The molecule has 2 rings (SSSR count). The summed E-state index contributed by atoms with van der Waals surface area (Å²) in [7, 11) is 0. The fourth-order valence-corrected chi connectivity index (χ4v) is 2.27. The van der Waals surface area contributed by atoms with E-state index in [-0.39, 0.29) is 17.9 Å². The molecule has 0 aliphatic carbocycles. The van der Waals surface area contributed by atoms with Crippen molar-refractivity contribution in [3.8, 4) is 11.5 Å². The Hall–Kier alpha value is -2.20. The first-order chi connectivity index (χ1) is 11.8. The minimum absolute atomic E-state index is 0.0398. The van der Waals surface area contributed by atoms with Gasteiger partial charge in [-0.25, -0.2) is 0 Å². The number of rotatable bonds is 7. The highest BCUT2D eigenvalue weighted by Gasteiger charge is 2.12. The Morgan fingerprint density at radius 3 is 2.12 bits per heavy atom. The second kappa shape index (κ2) is 8.77. The van der Waals surface area contributed by atoms with Gasteiger partial charge in [0.1, 0.15) is 18.1 Å². The standard InChI is InChI=1S/C20H24ClNO3/c1-20(2,3)15-4-8-17(9-5-15)24-13-12-22-19(23)14-25-18-10-6-16(21)7-11-18/h4-11H,12-14H2,1-3H3,(H,22,23). The lowest BCUT2D eigenvalue weighted by atomic mass is 9.87. The van der Waals surface area contributed by atoms with Gasteiger partial charge in [-0.3, -0.25) is 4.79 Å². The van der Waals surface area contributed by atoms with Crippen molar-refractivity contribution in [2.75, 3.05) is 19.8 Å². The Morgan fingerprint density at radius 1 is 0.960 bits per heavy atom. The molecule has 4 nitrogen and oxygen atoms in total. The lowest BCUT2D eigenvalue weighted by Gasteiger charge is -2.19. The summed E-state index contributed by atoms with van der Waals surface area (Å²) in [4.78, 5) is 11.7. The van der Waals surface area contributed by atoms with Gasteiger partial charge in [0.2, 0.25) is 0 Å². The summed E-state index contributed by atoms with van der Waals surface area (Å²) in [5.74, 6) is 1.20. The molecule has 0 bridgehead atoms. The molecular formula is C20H24ClNO3. The van der Waals surface area contributed by atoms with Crippen LogP contribution < -0.4 is 14.8 Å². The van der Waals surface area contributed by atoms with Gasteiger partial charge in [-0.15, -0.1) is 0 Å². The van der Waals surface area contributed by atoms with Gasteiger partial charge < -0.3 is 14.8 Å². The third-order valence-electron chi connectivity index (χ3n) is 3.60. The monoisotopic (exact) mass is 361 g/mol. The lowest BCUT2D eigenvalue weighted by Crippen LogP contribution is -2.32. The second-order valence-electron chi connectivity index (χ2n) is 6.72. The van der Waals surface area contributed by atoms with E-state index in [0.29, 0.717) is 23.9 Å². The van der Waals surface area contributed by atoms with Crippen molar-refractivity contribution in [2.45, 2.75) is 26.2 Å². The molecule has 0 spiro atoms. The van der Waals surface area contributed by atoms with Gasteiger partial charge in [0.25, 0.3) is 5.91 Å². The van der Waals surface area contributed by atoms with Gasteiger partial charge in [-0.1, -0.05) is 44.5 Å². The van der Waals surface area contributed by atoms with Gasteiger partial charge in [-0.05, 0) is 47.4 Å². The summed E-state index contributed by atoms with van der Waals surface area (Å²) < 4.78 is 11.0. The summed E-state index contributed by atoms with van der Waals surface area (Å²) in [6.07, 6.45) is 0. The van der Waals surface area contributed by atoms with Crippen LogP contribution in [0.2, 0.25) is 5.02 Å². The summed E-state index contributed by atoms with van der Waals surface area (Å²) >= 11 is 5.79. The van der Waals surface area contributed by atoms with Crippen molar-refractivity contribution in [1.29, 1.82) is 0 Å². The zero-order valence-corrected chi connectivity index (χ0v) is 15.6. The highest BCUT2D eigenvalue weighted by Crippen LogP contribution is 2.24. The minimum atomic E-state index is -0.193. The van der Waals surface area contributed by atoms with Crippen LogP contribution in [0, 0.1) is 0 Å². The molecule has 0 saturated carbocycles. The molecule has 0 fully saturated rings. The maximum absolute atomic E-state index is 11.7. The Labute approximate surface area is 154 Å². The number of nitrogens with one attached hydrogen (secondary N) is 1. The molecule has 0 radical (unpaired) electrons. The van der Waals surface area contributed by atoms with E-state index < -0.39 is 0 Å². The number of carbonyl (C=O) groups is 1. The van der Waals surface area contributed by atoms with Crippen LogP contribution in [-0.2, 0) is 10.2 Å². The number of halogens is 1. The van der Waals surface area contributed by atoms with E-state index in [4.69, 9.17) is 21.1 Å². The van der Waals surface area contributed by atoms with Crippen molar-refractivity contribution >= 4 is 17.5 Å². The van der Waals surface area contributed by atoms with Crippen molar-refractivity contribution in [3.63, 3.8) is 0 Å². The maximum Gasteiger partial charge on any atom is 0.258 e. The molecule has 0 saturated heterocycles. The quantitative estimate of drug-likeness (QED) is 0.751. The second-order valence-corrected chi connectivity index (χ2v) is 7.15. The Bertz CT molecular complexity index is 676. The third-order valence-corrected chi connectivity index (χ3v) is 3.85. The maximum atomic E-state index is 11.7. The summed E-state index contributed by atoms with van der Waals surface area (Å²) in [6.45, 7) is 7.30. The van der Waals surface area contributed by atoms with Gasteiger partial charge in [0, 0.05) is 5.02 Å². The Kier molecular flexibility index (Phi) is 6.71. The molecule has 1 amide bonds. The summed E-state index contributed by atoms with van der Waals surface area (Å²) in [5, 5.41) is 3.38. The molecule has 0 unspecified atom stereocenters. The smallest absolute Gasteiger partial charge is 0.258 e. The highest BCUT2D eigenvalue weighted by molar-refractivity contribution is 6.30. The minimum Gasteiger partial charge on any atom is -0.492 e. The number of ether oxygens (including phenoxy) is 2. The van der Waals surface area contributed by atoms with Crippen molar-refractivity contribution in [3.05, 3.63) is 59.1 Å². The SMILES string of the molecule is CC(C)(C)c1ccc(OCCNC(=O)COc2ccc(Cl)cc2)cc1. The zero-order valence-electron chi connectivity index (χ0n) is 14.8. The normalized spacial score (nSPS) is 11.0. The molecule has 25 heavy (non-hydrogen) atoms. The van der Waals surface area contributed by atoms with Gasteiger partial charge in [0.05, 0.1) is 6.54 Å². The first-order valence-corrected chi connectivity index (χ1v) is 8.61. The molecule has 0 aromatic heterocycles. The fraction of sp³-hybridized carbons (Fsp3) is 0.350. The van der Waals surface area contributed by atoms with Crippen molar-refractivity contribution in [1.82, 2.24) is 5.32 Å². The molecule has 134 valence electrons. The molecule has 5 heteroatoms. The summed E-state index contributed by atoms with van der Waals surface area (Å²) in [6, 6.07) is 14.9. The first-order valence-electron chi connectivity index (χ1n) is 8.23. The zero-order chi connectivity index (χ0) is 18.3. The average Bonchev–Trinajstić information content (AvgIpc) is 2.58. The van der Waals surface area contributed by atoms with Gasteiger partial charge in [0.15, 0.2) is 6.61 Å². The number of carbonyl (C=O) groups excluding carboxylic acids is 1. The fourth-order valence-electron chi connectivity index (χ4n) is 2.14. The molecule has 1 N–H and O–H groups in total. The Morgan fingerprint density at radius 2 is 1.52 bits per heavy atom. The largest absolute Gasteiger partial charge is 0.492 e. The van der Waals surface area contributed by atoms with Crippen LogP contribution >= 0.6 is 11.6 Å². The van der Waals surface area contributed by atoms with E-state index in [1.54, 1.807) is 24.3 Å². The van der Waals surface area contributed by atoms with E-state index in [0.717, 1.165) is 5.75 Å². The van der Waals surface area contributed by atoms with Crippen LogP contribution in [0.5, 0.6) is 11.5 Å². The van der Waals surface area contributed by atoms with E-state index >= 15 is 0 Å². The topological polar surface area (TPSA) is 47.6 Å². The number of benzene rings is 2. The van der Waals surface area contributed by atoms with Gasteiger partial charge in [-0.2, -0.15) is 0 Å². The molecule has 0 heterocycles. The lowest BCUT2D eigenvalue weighted by molar-refractivity contribution is -0.123. The molecule has 0 atom stereocenters.